The van der Waals surface area contributed by atoms with E-state index in [4.69, 9.17) is 4.42 Å². The van der Waals surface area contributed by atoms with Gasteiger partial charge in [0.1, 0.15) is 0 Å². The molecule has 1 aromatic carbocycles. The zero-order valence-corrected chi connectivity index (χ0v) is 12.4. The molecule has 1 heterocycles. The summed E-state index contributed by atoms with van der Waals surface area (Å²) in [6.45, 7) is 1.99. The maximum absolute atomic E-state index is 12.3. The maximum Gasteiger partial charge on any atom is 0.419 e. The summed E-state index contributed by atoms with van der Waals surface area (Å²) < 4.78 is 6.58. The van der Waals surface area contributed by atoms with Crippen LogP contribution in [-0.2, 0) is 11.8 Å². The number of fused-ring (bicyclic) bond motifs is 1. The molecule has 0 bridgehead atoms. The molecule has 1 aliphatic carbocycles. The molecule has 0 spiro atoms. The smallest absolute Gasteiger partial charge is 0.408 e. The Hall–Kier alpha value is -2.04. The molecule has 1 fully saturated rings. The molecule has 1 aliphatic rings. The van der Waals surface area contributed by atoms with Crippen molar-refractivity contribution in [2.45, 2.75) is 32.6 Å². The Morgan fingerprint density at radius 2 is 2.10 bits per heavy atom. The largest absolute Gasteiger partial charge is 0.419 e. The van der Waals surface area contributed by atoms with Crippen molar-refractivity contribution in [1.29, 1.82) is 0 Å². The molecule has 0 radical (unpaired) electrons. The van der Waals surface area contributed by atoms with E-state index in [1.807, 2.05) is 6.92 Å². The second-order valence-electron chi connectivity index (χ2n) is 5.93. The molecule has 1 atom stereocenters. The van der Waals surface area contributed by atoms with Crippen LogP contribution in [0.2, 0.25) is 0 Å². The van der Waals surface area contributed by atoms with E-state index in [1.54, 1.807) is 25.2 Å². The van der Waals surface area contributed by atoms with Gasteiger partial charge in [0.05, 0.1) is 5.52 Å². The Morgan fingerprint density at radius 3 is 2.81 bits per heavy atom. The highest BCUT2D eigenvalue weighted by Gasteiger charge is 2.26. The van der Waals surface area contributed by atoms with Crippen molar-refractivity contribution in [3.05, 3.63) is 28.7 Å². The van der Waals surface area contributed by atoms with Crippen LogP contribution in [0.5, 0.6) is 0 Å². The quantitative estimate of drug-likeness (QED) is 0.944. The van der Waals surface area contributed by atoms with E-state index in [9.17, 15) is 9.59 Å². The number of carbonyl (C=O) groups is 1. The van der Waals surface area contributed by atoms with E-state index in [0.717, 1.165) is 18.4 Å². The Bertz CT molecular complexity index is 723. The minimum Gasteiger partial charge on any atom is -0.408 e. The lowest BCUT2D eigenvalue weighted by Crippen LogP contribution is -2.25. The number of oxazole rings is 1. The minimum atomic E-state index is -0.396. The molecule has 112 valence electrons. The van der Waals surface area contributed by atoms with E-state index in [0.29, 0.717) is 17.2 Å². The first kappa shape index (κ1) is 13.9. The summed E-state index contributed by atoms with van der Waals surface area (Å²) in [6.07, 6.45) is 4.73. The highest BCUT2D eigenvalue weighted by atomic mass is 16.4. The number of rotatable bonds is 3. The van der Waals surface area contributed by atoms with Gasteiger partial charge in [0.25, 0.3) is 0 Å². The van der Waals surface area contributed by atoms with Crippen molar-refractivity contribution in [2.24, 2.45) is 18.9 Å². The molecule has 21 heavy (non-hydrogen) atoms. The number of anilines is 1. The van der Waals surface area contributed by atoms with Gasteiger partial charge in [-0.1, -0.05) is 19.8 Å². The van der Waals surface area contributed by atoms with Crippen molar-refractivity contribution >= 4 is 22.7 Å². The third-order valence-electron chi connectivity index (χ3n) is 4.58. The van der Waals surface area contributed by atoms with Crippen LogP contribution >= 0.6 is 0 Å². The average Bonchev–Trinajstić information content (AvgIpc) is 3.08. The van der Waals surface area contributed by atoms with E-state index in [-0.39, 0.29) is 11.8 Å². The predicted molar refractivity (Wildman–Crippen MR) is 81.2 cm³/mol. The first-order valence-electron chi connectivity index (χ1n) is 7.46. The summed E-state index contributed by atoms with van der Waals surface area (Å²) in [6, 6.07) is 5.29. The lowest BCUT2D eigenvalue weighted by atomic mass is 9.92. The molecule has 1 amide bonds. The standard InChI is InChI=1S/C16H20N2O3/c1-10(11-5-3-4-6-11)15(19)17-12-7-8-13-14(9-12)21-16(20)18(13)2/h7-11H,3-6H2,1-2H3,(H,17,19). The van der Waals surface area contributed by atoms with Crippen LogP contribution in [0.4, 0.5) is 5.69 Å². The molecular weight excluding hydrogens is 268 g/mol. The molecular formula is C16H20N2O3. The van der Waals surface area contributed by atoms with Gasteiger partial charge in [-0.15, -0.1) is 0 Å². The summed E-state index contributed by atoms with van der Waals surface area (Å²) in [4.78, 5) is 23.8. The van der Waals surface area contributed by atoms with Gasteiger partial charge in [0.15, 0.2) is 5.58 Å². The fourth-order valence-electron chi connectivity index (χ4n) is 3.14. The van der Waals surface area contributed by atoms with E-state index in [1.165, 1.54) is 17.4 Å². The number of benzene rings is 1. The first-order valence-corrected chi connectivity index (χ1v) is 7.46. The van der Waals surface area contributed by atoms with Gasteiger partial charge < -0.3 is 9.73 Å². The molecule has 1 unspecified atom stereocenters. The molecule has 5 nitrogen and oxygen atoms in total. The van der Waals surface area contributed by atoms with Gasteiger partial charge in [-0.05, 0) is 30.9 Å². The number of hydrogen-bond donors (Lipinski definition) is 1. The van der Waals surface area contributed by atoms with Crippen molar-refractivity contribution < 1.29 is 9.21 Å². The summed E-state index contributed by atoms with van der Waals surface area (Å²) in [7, 11) is 1.66. The van der Waals surface area contributed by atoms with Gasteiger partial charge in [0.2, 0.25) is 5.91 Å². The summed E-state index contributed by atoms with van der Waals surface area (Å²) in [5.41, 5.74) is 1.89. The number of nitrogens with zero attached hydrogens (tertiary/aromatic N) is 1. The Labute approximate surface area is 122 Å². The van der Waals surface area contributed by atoms with Crippen molar-refractivity contribution in [1.82, 2.24) is 4.57 Å². The fourth-order valence-corrected chi connectivity index (χ4v) is 3.14. The summed E-state index contributed by atoms with van der Waals surface area (Å²) in [5.74, 6) is 0.154. The number of amides is 1. The number of hydrogen-bond acceptors (Lipinski definition) is 3. The molecule has 1 aromatic heterocycles. The third kappa shape index (κ3) is 2.60. The van der Waals surface area contributed by atoms with Gasteiger partial charge >= 0.3 is 5.76 Å². The highest BCUT2D eigenvalue weighted by Crippen LogP contribution is 2.32. The van der Waals surface area contributed by atoms with Crippen LogP contribution < -0.4 is 11.1 Å². The molecule has 5 heteroatoms. The molecule has 3 rings (SSSR count). The molecule has 0 saturated heterocycles. The fraction of sp³-hybridized carbons (Fsp3) is 0.500. The second-order valence-corrected chi connectivity index (χ2v) is 5.93. The lowest BCUT2D eigenvalue weighted by Gasteiger charge is -2.18. The zero-order valence-electron chi connectivity index (χ0n) is 12.4. The Morgan fingerprint density at radius 1 is 1.38 bits per heavy atom. The lowest BCUT2D eigenvalue weighted by molar-refractivity contribution is -0.120. The normalized spacial score (nSPS) is 17.2. The van der Waals surface area contributed by atoms with Crippen molar-refractivity contribution in [3.63, 3.8) is 0 Å². The number of nitrogens with one attached hydrogen (secondary N) is 1. The van der Waals surface area contributed by atoms with E-state index in [2.05, 4.69) is 5.32 Å². The van der Waals surface area contributed by atoms with Crippen LogP contribution in [0.15, 0.2) is 27.4 Å². The Balaban J connectivity index is 1.78. The molecule has 2 aromatic rings. The van der Waals surface area contributed by atoms with E-state index >= 15 is 0 Å². The molecule has 1 saturated carbocycles. The van der Waals surface area contributed by atoms with Crippen LogP contribution in [-0.4, -0.2) is 10.5 Å². The first-order chi connectivity index (χ1) is 10.1. The Kier molecular flexibility index (Phi) is 3.57. The van der Waals surface area contributed by atoms with Crippen LogP contribution in [0, 0.1) is 11.8 Å². The third-order valence-corrected chi connectivity index (χ3v) is 4.58. The van der Waals surface area contributed by atoms with Gasteiger partial charge in [0, 0.05) is 24.7 Å². The molecule has 1 N–H and O–H groups in total. The monoisotopic (exact) mass is 288 g/mol. The summed E-state index contributed by atoms with van der Waals surface area (Å²) in [5, 5.41) is 2.93. The van der Waals surface area contributed by atoms with Gasteiger partial charge in [-0.2, -0.15) is 0 Å². The van der Waals surface area contributed by atoms with Crippen LogP contribution in [0.3, 0.4) is 0 Å². The number of aryl methyl sites for hydroxylation is 1. The maximum atomic E-state index is 12.3. The van der Waals surface area contributed by atoms with Crippen LogP contribution in [0.1, 0.15) is 32.6 Å². The van der Waals surface area contributed by atoms with Gasteiger partial charge in [-0.25, -0.2) is 4.79 Å². The van der Waals surface area contributed by atoms with Gasteiger partial charge in [-0.3, -0.25) is 9.36 Å². The second kappa shape index (κ2) is 5.39. The zero-order chi connectivity index (χ0) is 15.0. The van der Waals surface area contributed by atoms with Crippen LogP contribution in [0.25, 0.3) is 11.1 Å². The minimum absolute atomic E-state index is 0.0194. The summed E-state index contributed by atoms with van der Waals surface area (Å²) >= 11 is 0. The number of carbonyl (C=O) groups excluding carboxylic acids is 1. The highest BCUT2D eigenvalue weighted by molar-refractivity contribution is 5.94. The number of aromatic nitrogens is 1. The topological polar surface area (TPSA) is 64.2 Å². The van der Waals surface area contributed by atoms with E-state index < -0.39 is 5.76 Å². The van der Waals surface area contributed by atoms with Crippen molar-refractivity contribution in [3.8, 4) is 0 Å². The molecule has 0 aliphatic heterocycles. The van der Waals surface area contributed by atoms with Crippen molar-refractivity contribution in [2.75, 3.05) is 5.32 Å². The predicted octanol–water partition coefficient (Wildman–Crippen LogP) is 2.90. The average molecular weight is 288 g/mol. The SMILES string of the molecule is CC(C(=O)Nc1ccc2c(c1)oc(=O)n2C)C1CCCC1.